The van der Waals surface area contributed by atoms with Crippen molar-refractivity contribution >= 4 is 5.91 Å². The van der Waals surface area contributed by atoms with Crippen molar-refractivity contribution in [1.29, 1.82) is 0 Å². The van der Waals surface area contributed by atoms with Crippen LogP contribution in [0.2, 0.25) is 0 Å². The minimum atomic E-state index is -3.40. The Morgan fingerprint density at radius 1 is 1.73 bits per heavy atom. The first-order valence-electron chi connectivity index (χ1n) is 3.08. The normalized spacial score (nSPS) is 22.0. The topological polar surface area (TPSA) is 29.1 Å². The van der Waals surface area contributed by atoms with Crippen LogP contribution < -0.4 is 5.32 Å². The highest BCUT2D eigenvalue weighted by atomic mass is 19.3. The SMILES string of the molecule is C=CC1=CCNC(=O)C1(F)F. The maximum absolute atomic E-state index is 12.7. The number of alkyl halides is 2. The van der Waals surface area contributed by atoms with E-state index in [9.17, 15) is 13.6 Å². The van der Waals surface area contributed by atoms with E-state index in [1.165, 1.54) is 6.08 Å². The van der Waals surface area contributed by atoms with Crippen LogP contribution in [0.3, 0.4) is 0 Å². The molecule has 60 valence electrons. The Morgan fingerprint density at radius 2 is 2.36 bits per heavy atom. The Labute approximate surface area is 62.6 Å². The predicted molar refractivity (Wildman–Crippen MR) is 36.2 cm³/mol. The quantitative estimate of drug-likeness (QED) is 0.604. The van der Waals surface area contributed by atoms with Crippen molar-refractivity contribution in [3.8, 4) is 0 Å². The van der Waals surface area contributed by atoms with Crippen molar-refractivity contribution in [3.63, 3.8) is 0 Å². The lowest BCUT2D eigenvalue weighted by Gasteiger charge is -2.20. The summed E-state index contributed by atoms with van der Waals surface area (Å²) in [5.41, 5.74) is -0.318. The second kappa shape index (κ2) is 2.45. The fourth-order valence-electron chi connectivity index (χ4n) is 0.835. The predicted octanol–water partition coefficient (Wildman–Crippen LogP) is 0.864. The Kier molecular flexibility index (Phi) is 1.76. The van der Waals surface area contributed by atoms with Crippen LogP contribution in [0.1, 0.15) is 0 Å². The van der Waals surface area contributed by atoms with Crippen LogP contribution in [0.25, 0.3) is 0 Å². The highest BCUT2D eigenvalue weighted by Gasteiger charge is 2.43. The van der Waals surface area contributed by atoms with Crippen LogP contribution in [-0.4, -0.2) is 18.4 Å². The van der Waals surface area contributed by atoms with E-state index >= 15 is 0 Å². The number of rotatable bonds is 1. The van der Waals surface area contributed by atoms with Gasteiger partial charge in [0.05, 0.1) is 0 Å². The summed E-state index contributed by atoms with van der Waals surface area (Å²) in [6.45, 7) is 3.33. The third kappa shape index (κ3) is 1.15. The standard InChI is InChI=1S/C7H7F2NO/c1-2-5-3-4-10-6(11)7(5,8)9/h2-3H,1,4H2,(H,10,11). The lowest BCUT2D eigenvalue weighted by Crippen LogP contribution is -2.44. The molecule has 2 nitrogen and oxygen atoms in total. The van der Waals surface area contributed by atoms with E-state index in [1.54, 1.807) is 0 Å². The molecule has 0 fully saturated rings. The number of amides is 1. The smallest absolute Gasteiger partial charge is 0.347 e. The van der Waals surface area contributed by atoms with Crippen LogP contribution in [0.5, 0.6) is 0 Å². The first-order chi connectivity index (χ1) is 5.09. The van der Waals surface area contributed by atoms with E-state index in [4.69, 9.17) is 0 Å². The van der Waals surface area contributed by atoms with Crippen molar-refractivity contribution in [3.05, 3.63) is 24.3 Å². The Balaban J connectivity index is 3.02. The summed E-state index contributed by atoms with van der Waals surface area (Å²) in [6.07, 6.45) is 2.24. The van der Waals surface area contributed by atoms with E-state index < -0.39 is 11.8 Å². The van der Waals surface area contributed by atoms with Gasteiger partial charge < -0.3 is 5.32 Å². The summed E-state index contributed by atoms with van der Waals surface area (Å²) in [7, 11) is 0. The molecule has 1 rings (SSSR count). The number of halogens is 2. The molecule has 4 heteroatoms. The van der Waals surface area contributed by atoms with Gasteiger partial charge in [-0.1, -0.05) is 18.7 Å². The maximum Gasteiger partial charge on any atom is 0.349 e. The zero-order valence-corrected chi connectivity index (χ0v) is 5.73. The Hall–Kier alpha value is -1.19. The second-order valence-electron chi connectivity index (χ2n) is 2.15. The number of carbonyl (C=O) groups excluding carboxylic acids is 1. The lowest BCUT2D eigenvalue weighted by atomic mass is 10.1. The molecular formula is C7H7F2NO. The Morgan fingerprint density at radius 3 is 2.82 bits per heavy atom. The van der Waals surface area contributed by atoms with Gasteiger partial charge in [-0.05, 0) is 0 Å². The molecule has 0 aromatic carbocycles. The van der Waals surface area contributed by atoms with E-state index in [0.717, 1.165) is 6.08 Å². The Bertz CT molecular complexity index is 233. The van der Waals surface area contributed by atoms with Gasteiger partial charge in [0.15, 0.2) is 0 Å². The van der Waals surface area contributed by atoms with Crippen molar-refractivity contribution < 1.29 is 13.6 Å². The fourth-order valence-corrected chi connectivity index (χ4v) is 0.835. The molecule has 1 aliphatic rings. The fraction of sp³-hybridized carbons (Fsp3) is 0.286. The van der Waals surface area contributed by atoms with E-state index in [2.05, 4.69) is 6.58 Å². The van der Waals surface area contributed by atoms with Crippen LogP contribution in [0.15, 0.2) is 24.3 Å². The van der Waals surface area contributed by atoms with Crippen molar-refractivity contribution in [1.82, 2.24) is 5.32 Å². The molecule has 11 heavy (non-hydrogen) atoms. The molecule has 1 N–H and O–H groups in total. The van der Waals surface area contributed by atoms with Crippen LogP contribution in [0, 0.1) is 0 Å². The molecule has 0 aromatic rings. The molecule has 0 aromatic heterocycles. The van der Waals surface area contributed by atoms with Crippen LogP contribution in [0.4, 0.5) is 8.78 Å². The molecule has 0 radical (unpaired) electrons. The molecule has 0 saturated heterocycles. The number of hydrogen-bond acceptors (Lipinski definition) is 1. The molecule has 1 aliphatic heterocycles. The van der Waals surface area contributed by atoms with Gasteiger partial charge in [0.2, 0.25) is 0 Å². The number of allylic oxidation sites excluding steroid dienone is 1. The number of carbonyl (C=O) groups is 1. The third-order valence-electron chi connectivity index (χ3n) is 1.45. The molecular weight excluding hydrogens is 152 g/mol. The zero-order valence-electron chi connectivity index (χ0n) is 5.73. The first-order valence-corrected chi connectivity index (χ1v) is 3.08. The van der Waals surface area contributed by atoms with E-state index in [1.807, 2.05) is 5.32 Å². The average Bonchev–Trinajstić information content (AvgIpc) is 1.95. The summed E-state index contributed by atoms with van der Waals surface area (Å²) in [4.78, 5) is 10.5. The van der Waals surface area contributed by atoms with Gasteiger partial charge in [-0.3, -0.25) is 4.79 Å². The molecule has 0 aliphatic carbocycles. The maximum atomic E-state index is 12.7. The molecule has 1 amide bonds. The van der Waals surface area contributed by atoms with Crippen molar-refractivity contribution in [2.75, 3.05) is 6.54 Å². The van der Waals surface area contributed by atoms with E-state index in [0.29, 0.717) is 0 Å². The average molecular weight is 159 g/mol. The number of nitrogens with one attached hydrogen (secondary N) is 1. The van der Waals surface area contributed by atoms with E-state index in [-0.39, 0.29) is 12.1 Å². The van der Waals surface area contributed by atoms with Gasteiger partial charge in [0, 0.05) is 12.1 Å². The van der Waals surface area contributed by atoms with Gasteiger partial charge >= 0.3 is 5.92 Å². The van der Waals surface area contributed by atoms with Crippen LogP contribution in [-0.2, 0) is 4.79 Å². The van der Waals surface area contributed by atoms with Gasteiger partial charge in [-0.2, -0.15) is 8.78 Å². The van der Waals surface area contributed by atoms with Crippen molar-refractivity contribution in [2.24, 2.45) is 0 Å². The summed E-state index contributed by atoms with van der Waals surface area (Å²) in [6, 6.07) is 0. The minimum Gasteiger partial charge on any atom is -0.347 e. The third-order valence-corrected chi connectivity index (χ3v) is 1.45. The molecule has 0 saturated carbocycles. The number of hydrogen-bond donors (Lipinski definition) is 1. The summed E-state index contributed by atoms with van der Waals surface area (Å²) < 4.78 is 25.4. The monoisotopic (exact) mass is 159 g/mol. The lowest BCUT2D eigenvalue weighted by molar-refractivity contribution is -0.140. The molecule has 0 unspecified atom stereocenters. The summed E-state index contributed by atoms with van der Waals surface area (Å²) >= 11 is 0. The highest BCUT2D eigenvalue weighted by Crippen LogP contribution is 2.26. The van der Waals surface area contributed by atoms with Crippen LogP contribution >= 0.6 is 0 Å². The van der Waals surface area contributed by atoms with Gasteiger partial charge in [-0.15, -0.1) is 0 Å². The van der Waals surface area contributed by atoms with Gasteiger partial charge in [0.1, 0.15) is 0 Å². The minimum absolute atomic E-state index is 0.149. The molecule has 0 atom stereocenters. The largest absolute Gasteiger partial charge is 0.349 e. The van der Waals surface area contributed by atoms with Crippen molar-refractivity contribution in [2.45, 2.75) is 5.92 Å². The highest BCUT2D eigenvalue weighted by molar-refractivity contribution is 5.88. The first kappa shape index (κ1) is 7.91. The zero-order chi connectivity index (χ0) is 8.48. The summed E-state index contributed by atoms with van der Waals surface area (Å²) in [5.74, 6) is -4.66. The second-order valence-corrected chi connectivity index (χ2v) is 2.15. The summed E-state index contributed by atoms with van der Waals surface area (Å²) in [5, 5.41) is 2.02. The van der Waals surface area contributed by atoms with Gasteiger partial charge in [-0.25, -0.2) is 0 Å². The molecule has 0 bridgehead atoms. The molecule has 0 spiro atoms. The molecule has 1 heterocycles. The van der Waals surface area contributed by atoms with Gasteiger partial charge in [0.25, 0.3) is 5.91 Å².